The normalized spacial score (nSPS) is 17.0. The number of ketones is 1. The second-order valence-electron chi connectivity index (χ2n) is 7.71. The number of carbonyl (C=O) groups is 4. The molecule has 1 fully saturated rings. The predicted octanol–water partition coefficient (Wildman–Crippen LogP) is 1.98. The number of halogens is 3. The molecule has 10 heteroatoms. The Hall–Kier alpha value is -3.69. The smallest absolute Gasteiger partial charge is 0.363 e. The van der Waals surface area contributed by atoms with Crippen LogP contribution in [0.5, 0.6) is 0 Å². The third-order valence-corrected chi connectivity index (χ3v) is 5.45. The van der Waals surface area contributed by atoms with Gasteiger partial charge in [0, 0.05) is 19.4 Å². The molecule has 1 saturated heterocycles. The summed E-state index contributed by atoms with van der Waals surface area (Å²) in [5.41, 5.74) is 4.74. The second-order valence-corrected chi connectivity index (χ2v) is 7.71. The fourth-order valence-corrected chi connectivity index (χ4v) is 3.82. The van der Waals surface area contributed by atoms with E-state index >= 15 is 0 Å². The van der Waals surface area contributed by atoms with Crippen LogP contribution in [-0.2, 0) is 38.3 Å². The molecule has 174 valence electrons. The van der Waals surface area contributed by atoms with E-state index in [9.17, 15) is 32.3 Å². The first-order valence-electron chi connectivity index (χ1n) is 10.2. The molecule has 2 aromatic rings. The lowest BCUT2D eigenvalue weighted by Crippen LogP contribution is -2.53. The zero-order valence-electron chi connectivity index (χ0n) is 17.5. The van der Waals surface area contributed by atoms with Crippen LogP contribution in [0, 0.1) is 0 Å². The van der Waals surface area contributed by atoms with Crippen molar-refractivity contribution in [2.75, 3.05) is 0 Å². The van der Waals surface area contributed by atoms with Crippen molar-refractivity contribution in [1.82, 2.24) is 10.2 Å². The highest BCUT2D eigenvalue weighted by Gasteiger charge is 2.40. The maximum atomic E-state index is 13.4. The Morgan fingerprint density at radius 2 is 1.70 bits per heavy atom. The minimum atomic E-state index is -4.62. The SMILES string of the molecule is NC(=O)C(=O)C(Cc1ccccc1)NC(=O)[C@H]1CCC(=O)N1Cc1ccccc1C(F)(F)F. The molecule has 0 spiro atoms. The van der Waals surface area contributed by atoms with E-state index in [1.807, 2.05) is 0 Å². The molecule has 0 aromatic heterocycles. The Morgan fingerprint density at radius 1 is 1.06 bits per heavy atom. The van der Waals surface area contributed by atoms with Crippen LogP contribution < -0.4 is 11.1 Å². The zero-order valence-corrected chi connectivity index (χ0v) is 17.5. The maximum Gasteiger partial charge on any atom is 0.416 e. The van der Waals surface area contributed by atoms with Crippen molar-refractivity contribution in [1.29, 1.82) is 0 Å². The molecule has 1 unspecified atom stereocenters. The molecule has 0 bridgehead atoms. The van der Waals surface area contributed by atoms with Gasteiger partial charge < -0.3 is 16.0 Å². The number of carbonyl (C=O) groups excluding carboxylic acids is 4. The van der Waals surface area contributed by atoms with Gasteiger partial charge in [-0.25, -0.2) is 0 Å². The fraction of sp³-hybridized carbons (Fsp3) is 0.304. The molecule has 1 heterocycles. The predicted molar refractivity (Wildman–Crippen MR) is 111 cm³/mol. The van der Waals surface area contributed by atoms with Crippen LogP contribution in [0.3, 0.4) is 0 Å². The largest absolute Gasteiger partial charge is 0.416 e. The zero-order chi connectivity index (χ0) is 24.2. The van der Waals surface area contributed by atoms with E-state index in [0.29, 0.717) is 5.56 Å². The summed E-state index contributed by atoms with van der Waals surface area (Å²) in [5, 5.41) is 2.46. The van der Waals surface area contributed by atoms with Crippen LogP contribution in [0.1, 0.15) is 29.5 Å². The van der Waals surface area contributed by atoms with Gasteiger partial charge in [-0.05, 0) is 23.6 Å². The molecule has 0 saturated carbocycles. The summed E-state index contributed by atoms with van der Waals surface area (Å²) in [6, 6.07) is 11.1. The van der Waals surface area contributed by atoms with Crippen molar-refractivity contribution in [3.8, 4) is 0 Å². The molecular formula is C23H22F3N3O4. The van der Waals surface area contributed by atoms with E-state index < -0.39 is 53.9 Å². The van der Waals surface area contributed by atoms with Crippen LogP contribution in [0.2, 0.25) is 0 Å². The lowest BCUT2D eigenvalue weighted by molar-refractivity contribution is -0.141. The van der Waals surface area contributed by atoms with Gasteiger partial charge in [0.2, 0.25) is 17.6 Å². The van der Waals surface area contributed by atoms with Gasteiger partial charge in [0.15, 0.2) is 0 Å². The maximum absolute atomic E-state index is 13.4. The molecule has 2 atom stereocenters. The van der Waals surface area contributed by atoms with Gasteiger partial charge in [-0.3, -0.25) is 19.2 Å². The Labute approximate surface area is 187 Å². The summed E-state index contributed by atoms with van der Waals surface area (Å²) in [7, 11) is 0. The van der Waals surface area contributed by atoms with E-state index in [4.69, 9.17) is 5.73 Å². The summed E-state index contributed by atoms with van der Waals surface area (Å²) in [5.74, 6) is -3.45. The molecule has 3 rings (SSSR count). The van der Waals surface area contributed by atoms with E-state index in [0.717, 1.165) is 11.0 Å². The average molecular weight is 461 g/mol. The van der Waals surface area contributed by atoms with Gasteiger partial charge in [-0.15, -0.1) is 0 Å². The Kier molecular flexibility index (Phi) is 7.15. The number of primary amides is 1. The Bertz CT molecular complexity index is 1060. The minimum absolute atomic E-state index is 0.00801. The van der Waals surface area contributed by atoms with E-state index in [2.05, 4.69) is 5.32 Å². The summed E-state index contributed by atoms with van der Waals surface area (Å²) in [4.78, 5) is 50.2. The van der Waals surface area contributed by atoms with Crippen molar-refractivity contribution >= 4 is 23.5 Å². The molecule has 1 aliphatic rings. The number of likely N-dealkylation sites (tertiary alicyclic amines) is 1. The first-order valence-corrected chi connectivity index (χ1v) is 10.2. The molecular weight excluding hydrogens is 439 g/mol. The molecule has 3 amide bonds. The molecule has 7 nitrogen and oxygen atoms in total. The topological polar surface area (TPSA) is 110 Å². The second kappa shape index (κ2) is 9.85. The van der Waals surface area contributed by atoms with Gasteiger partial charge in [0.1, 0.15) is 12.1 Å². The summed E-state index contributed by atoms with van der Waals surface area (Å²) >= 11 is 0. The minimum Gasteiger partial charge on any atom is -0.363 e. The number of nitrogens with one attached hydrogen (secondary N) is 1. The third kappa shape index (κ3) is 5.76. The van der Waals surface area contributed by atoms with E-state index in [-0.39, 0.29) is 24.8 Å². The van der Waals surface area contributed by atoms with Crippen molar-refractivity contribution in [2.24, 2.45) is 5.73 Å². The third-order valence-electron chi connectivity index (χ3n) is 5.45. The Balaban J connectivity index is 1.80. The van der Waals surface area contributed by atoms with Crippen LogP contribution in [-0.4, -0.2) is 40.5 Å². The van der Waals surface area contributed by atoms with Crippen molar-refractivity contribution in [3.05, 3.63) is 71.3 Å². The summed E-state index contributed by atoms with van der Waals surface area (Å²) < 4.78 is 40.1. The van der Waals surface area contributed by atoms with Crippen molar-refractivity contribution in [3.63, 3.8) is 0 Å². The van der Waals surface area contributed by atoms with Gasteiger partial charge >= 0.3 is 6.18 Å². The highest BCUT2D eigenvalue weighted by molar-refractivity contribution is 6.38. The van der Waals surface area contributed by atoms with Gasteiger partial charge in [-0.2, -0.15) is 13.2 Å². The molecule has 33 heavy (non-hydrogen) atoms. The van der Waals surface area contributed by atoms with Gasteiger partial charge in [0.25, 0.3) is 5.91 Å². The van der Waals surface area contributed by atoms with E-state index in [1.165, 1.54) is 18.2 Å². The van der Waals surface area contributed by atoms with Crippen LogP contribution >= 0.6 is 0 Å². The average Bonchev–Trinajstić information content (AvgIpc) is 3.13. The summed E-state index contributed by atoms with van der Waals surface area (Å²) in [6.45, 7) is -0.417. The number of hydrogen-bond donors (Lipinski definition) is 2. The van der Waals surface area contributed by atoms with Crippen LogP contribution in [0.15, 0.2) is 54.6 Å². The molecule has 2 aromatic carbocycles. The molecule has 3 N–H and O–H groups in total. The number of nitrogens with two attached hydrogens (primary N) is 1. The van der Waals surface area contributed by atoms with E-state index in [1.54, 1.807) is 30.3 Å². The number of benzene rings is 2. The molecule has 0 radical (unpaired) electrons. The Morgan fingerprint density at radius 3 is 2.33 bits per heavy atom. The van der Waals surface area contributed by atoms with Crippen molar-refractivity contribution < 1.29 is 32.3 Å². The summed E-state index contributed by atoms with van der Waals surface area (Å²) in [6.07, 6.45) is -4.58. The van der Waals surface area contributed by atoms with Crippen LogP contribution in [0.25, 0.3) is 0 Å². The number of nitrogens with zero attached hydrogens (tertiary/aromatic N) is 1. The lowest BCUT2D eigenvalue weighted by Gasteiger charge is -2.27. The number of rotatable bonds is 8. The molecule has 1 aliphatic heterocycles. The number of hydrogen-bond acceptors (Lipinski definition) is 4. The first-order chi connectivity index (χ1) is 15.6. The monoisotopic (exact) mass is 461 g/mol. The van der Waals surface area contributed by atoms with Crippen molar-refractivity contribution in [2.45, 2.75) is 44.1 Å². The number of amides is 3. The number of Topliss-reactive ketones (excluding diaryl/α,β-unsaturated/α-hetero) is 1. The number of alkyl halides is 3. The fourth-order valence-electron chi connectivity index (χ4n) is 3.82. The van der Waals surface area contributed by atoms with Gasteiger partial charge in [0.05, 0.1) is 5.56 Å². The lowest BCUT2D eigenvalue weighted by atomic mass is 10.0. The first kappa shape index (κ1) is 24.0. The molecule has 0 aliphatic carbocycles. The van der Waals surface area contributed by atoms with Crippen LogP contribution in [0.4, 0.5) is 13.2 Å². The highest BCUT2D eigenvalue weighted by atomic mass is 19.4. The standard InChI is InChI=1S/C23H22F3N3O4/c24-23(25,26)16-9-5-4-8-15(16)13-29-18(10-11-19(29)30)22(33)28-17(20(31)21(27)32)12-14-6-2-1-3-7-14/h1-9,17-18H,10-13H2,(H2,27,32)(H,28,33)/t17?,18-/m1/s1. The highest BCUT2D eigenvalue weighted by Crippen LogP contribution is 2.33. The van der Waals surface area contributed by atoms with Gasteiger partial charge in [-0.1, -0.05) is 48.5 Å². The quantitative estimate of drug-likeness (QED) is 0.586.